The molecule has 1 aromatic carbocycles. The molecule has 1 heterocycles. The Morgan fingerprint density at radius 3 is 2.78 bits per heavy atom. The Morgan fingerprint density at radius 2 is 2.17 bits per heavy atom. The minimum Gasteiger partial charge on any atom is -0.478 e. The molecule has 0 aliphatic carbocycles. The van der Waals surface area contributed by atoms with E-state index in [-0.39, 0.29) is 12.6 Å². The fraction of sp³-hybridized carbons (Fsp3) is 0.417. The Morgan fingerprint density at radius 1 is 1.39 bits per heavy atom. The van der Waals surface area contributed by atoms with E-state index in [0.717, 1.165) is 12.1 Å². The number of ether oxygens (including phenoxy) is 1. The second-order valence-electron chi connectivity index (χ2n) is 4.09. The van der Waals surface area contributed by atoms with Crippen molar-refractivity contribution in [1.29, 1.82) is 0 Å². The van der Waals surface area contributed by atoms with Crippen LogP contribution in [0.1, 0.15) is 11.1 Å². The van der Waals surface area contributed by atoms with Crippen LogP contribution >= 0.6 is 0 Å². The van der Waals surface area contributed by atoms with Gasteiger partial charge in [0.15, 0.2) is 5.90 Å². The molecular formula is C12H13F3N2O. The lowest BCUT2D eigenvalue weighted by molar-refractivity contribution is -0.137. The second-order valence-corrected chi connectivity index (χ2v) is 4.09. The molecule has 1 aromatic rings. The van der Waals surface area contributed by atoms with Crippen molar-refractivity contribution >= 4 is 5.90 Å². The molecule has 0 bridgehead atoms. The maximum absolute atomic E-state index is 12.5. The molecule has 0 spiro atoms. The minimum atomic E-state index is -4.31. The molecule has 98 valence electrons. The molecular weight excluding hydrogens is 245 g/mol. The molecule has 0 amide bonds. The fourth-order valence-corrected chi connectivity index (χ4v) is 1.83. The summed E-state index contributed by atoms with van der Waals surface area (Å²) >= 11 is 0. The fourth-order valence-electron chi connectivity index (χ4n) is 1.83. The summed E-state index contributed by atoms with van der Waals surface area (Å²) in [5, 5.41) is 0. The Kier molecular flexibility index (Phi) is 3.56. The van der Waals surface area contributed by atoms with E-state index in [1.165, 1.54) is 6.07 Å². The summed E-state index contributed by atoms with van der Waals surface area (Å²) in [4.78, 5) is 4.18. The van der Waals surface area contributed by atoms with Gasteiger partial charge in [-0.2, -0.15) is 13.2 Å². The van der Waals surface area contributed by atoms with Crippen LogP contribution in [-0.2, 0) is 17.3 Å². The van der Waals surface area contributed by atoms with Crippen molar-refractivity contribution in [3.63, 3.8) is 0 Å². The Labute approximate surface area is 102 Å². The Balaban J connectivity index is 2.09. The number of benzene rings is 1. The standard InChI is InChI=1S/C12H13F3N2O/c13-12(14,15)9-3-1-2-8(4-9)5-10-7-18-11(6-16)17-10/h1-4,10H,5-7,16H2. The lowest BCUT2D eigenvalue weighted by Crippen LogP contribution is -2.13. The highest BCUT2D eigenvalue weighted by molar-refractivity contribution is 5.79. The van der Waals surface area contributed by atoms with Crippen LogP contribution in [0.4, 0.5) is 13.2 Å². The molecule has 0 saturated heterocycles. The van der Waals surface area contributed by atoms with Crippen molar-refractivity contribution in [3.8, 4) is 0 Å². The molecule has 0 radical (unpaired) electrons. The van der Waals surface area contributed by atoms with Crippen molar-refractivity contribution in [3.05, 3.63) is 35.4 Å². The van der Waals surface area contributed by atoms with Gasteiger partial charge in [-0.05, 0) is 18.1 Å². The van der Waals surface area contributed by atoms with E-state index >= 15 is 0 Å². The first-order valence-corrected chi connectivity index (χ1v) is 5.54. The maximum Gasteiger partial charge on any atom is 0.416 e. The summed E-state index contributed by atoms with van der Waals surface area (Å²) in [5.74, 6) is 0.465. The van der Waals surface area contributed by atoms with Crippen LogP contribution in [-0.4, -0.2) is 25.1 Å². The molecule has 3 nitrogen and oxygen atoms in total. The number of hydrogen-bond acceptors (Lipinski definition) is 3. The first-order chi connectivity index (χ1) is 8.49. The minimum absolute atomic E-state index is 0.146. The molecule has 6 heteroatoms. The van der Waals surface area contributed by atoms with Gasteiger partial charge >= 0.3 is 6.18 Å². The number of alkyl halides is 3. The van der Waals surface area contributed by atoms with E-state index in [1.807, 2.05) is 0 Å². The number of nitrogens with zero attached hydrogens (tertiary/aromatic N) is 1. The van der Waals surface area contributed by atoms with Crippen molar-refractivity contribution in [1.82, 2.24) is 0 Å². The van der Waals surface area contributed by atoms with Gasteiger partial charge in [-0.3, -0.25) is 0 Å². The summed E-state index contributed by atoms with van der Waals surface area (Å²) < 4.78 is 42.8. The average Bonchev–Trinajstić information content (AvgIpc) is 2.76. The van der Waals surface area contributed by atoms with Crippen LogP contribution in [0.15, 0.2) is 29.3 Å². The molecule has 1 aliphatic heterocycles. The average molecular weight is 258 g/mol. The van der Waals surface area contributed by atoms with Crippen molar-refractivity contribution < 1.29 is 17.9 Å². The molecule has 1 aliphatic rings. The van der Waals surface area contributed by atoms with Gasteiger partial charge in [-0.25, -0.2) is 4.99 Å². The van der Waals surface area contributed by atoms with Crippen LogP contribution < -0.4 is 5.73 Å². The van der Waals surface area contributed by atoms with Crippen molar-refractivity contribution in [2.75, 3.05) is 13.2 Å². The summed E-state index contributed by atoms with van der Waals surface area (Å²) in [6.45, 7) is 0.599. The molecule has 1 unspecified atom stereocenters. The molecule has 2 rings (SSSR count). The molecule has 2 N–H and O–H groups in total. The van der Waals surface area contributed by atoms with E-state index in [0.29, 0.717) is 24.5 Å². The van der Waals surface area contributed by atoms with Crippen LogP contribution in [0.3, 0.4) is 0 Å². The Hall–Kier alpha value is -1.56. The molecule has 0 saturated carbocycles. The summed E-state index contributed by atoms with van der Waals surface area (Å²) in [5.41, 5.74) is 5.33. The van der Waals surface area contributed by atoms with Crippen LogP contribution in [0.5, 0.6) is 0 Å². The predicted molar refractivity (Wildman–Crippen MR) is 61.4 cm³/mol. The van der Waals surface area contributed by atoms with E-state index in [4.69, 9.17) is 10.5 Å². The van der Waals surface area contributed by atoms with Crippen LogP contribution in [0.2, 0.25) is 0 Å². The predicted octanol–water partition coefficient (Wildman–Crippen LogP) is 2.00. The zero-order valence-electron chi connectivity index (χ0n) is 9.57. The largest absolute Gasteiger partial charge is 0.478 e. The monoisotopic (exact) mass is 258 g/mol. The van der Waals surface area contributed by atoms with E-state index in [1.54, 1.807) is 6.07 Å². The summed E-state index contributed by atoms with van der Waals surface area (Å²) in [7, 11) is 0. The molecule has 0 fully saturated rings. The summed E-state index contributed by atoms with van der Waals surface area (Å²) in [6, 6.07) is 5.12. The zero-order chi connectivity index (χ0) is 13.2. The van der Waals surface area contributed by atoms with Gasteiger partial charge < -0.3 is 10.5 Å². The van der Waals surface area contributed by atoms with Crippen LogP contribution in [0, 0.1) is 0 Å². The van der Waals surface area contributed by atoms with Gasteiger partial charge in [-0.1, -0.05) is 18.2 Å². The topological polar surface area (TPSA) is 47.6 Å². The third kappa shape index (κ3) is 3.01. The van der Waals surface area contributed by atoms with E-state index in [9.17, 15) is 13.2 Å². The van der Waals surface area contributed by atoms with Crippen LogP contribution in [0.25, 0.3) is 0 Å². The highest BCUT2D eigenvalue weighted by atomic mass is 19.4. The van der Waals surface area contributed by atoms with Gasteiger partial charge in [0.1, 0.15) is 6.61 Å². The molecule has 18 heavy (non-hydrogen) atoms. The van der Waals surface area contributed by atoms with Crippen molar-refractivity contribution in [2.45, 2.75) is 18.6 Å². The smallest absolute Gasteiger partial charge is 0.416 e. The third-order valence-electron chi connectivity index (χ3n) is 2.67. The number of halogens is 3. The lowest BCUT2D eigenvalue weighted by atomic mass is 10.0. The van der Waals surface area contributed by atoms with Gasteiger partial charge in [-0.15, -0.1) is 0 Å². The van der Waals surface area contributed by atoms with Gasteiger partial charge in [0.25, 0.3) is 0 Å². The number of nitrogens with two attached hydrogens (primary N) is 1. The van der Waals surface area contributed by atoms with E-state index < -0.39 is 11.7 Å². The highest BCUT2D eigenvalue weighted by Gasteiger charge is 2.30. The quantitative estimate of drug-likeness (QED) is 0.901. The third-order valence-corrected chi connectivity index (χ3v) is 2.67. The number of rotatable bonds is 3. The SMILES string of the molecule is NCC1=NC(Cc2cccc(C(F)(F)F)c2)CO1. The number of hydrogen-bond donors (Lipinski definition) is 1. The molecule has 0 aromatic heterocycles. The highest BCUT2D eigenvalue weighted by Crippen LogP contribution is 2.29. The normalized spacial score (nSPS) is 19.6. The van der Waals surface area contributed by atoms with Crippen molar-refractivity contribution in [2.24, 2.45) is 10.7 Å². The zero-order valence-corrected chi connectivity index (χ0v) is 9.57. The summed E-state index contributed by atoms with van der Waals surface area (Å²) in [6.07, 6.45) is -3.89. The van der Waals surface area contributed by atoms with E-state index in [2.05, 4.69) is 4.99 Å². The van der Waals surface area contributed by atoms with Gasteiger partial charge in [0.05, 0.1) is 18.2 Å². The first kappa shape index (κ1) is 12.9. The van der Waals surface area contributed by atoms with Gasteiger partial charge in [0, 0.05) is 0 Å². The number of aliphatic imine (C=N–C) groups is 1. The van der Waals surface area contributed by atoms with Gasteiger partial charge in [0.2, 0.25) is 0 Å². The molecule has 1 atom stereocenters. The maximum atomic E-state index is 12.5. The first-order valence-electron chi connectivity index (χ1n) is 5.54. The Bertz CT molecular complexity index is 457. The lowest BCUT2D eigenvalue weighted by Gasteiger charge is -2.10. The second kappa shape index (κ2) is 4.97.